The number of hydrogen-bond acceptors (Lipinski definition) is 3. The first kappa shape index (κ1) is 13.4. The molecule has 1 aliphatic rings. The summed E-state index contributed by atoms with van der Waals surface area (Å²) < 4.78 is 5.46. The highest BCUT2D eigenvalue weighted by atomic mass is 16.5. The minimum absolute atomic E-state index is 0.0298. The van der Waals surface area contributed by atoms with Crippen LogP contribution in [0.25, 0.3) is 16.3 Å². The molecule has 4 nitrogen and oxygen atoms in total. The number of rotatable bonds is 3. The zero-order chi connectivity index (χ0) is 15.0. The topological polar surface area (TPSA) is 76.2 Å². The van der Waals surface area contributed by atoms with Crippen LogP contribution in [0, 0.1) is 5.41 Å². The van der Waals surface area contributed by atoms with E-state index in [0.29, 0.717) is 12.0 Å². The highest BCUT2D eigenvalue weighted by Gasteiger charge is 2.19. The standard InChI is InChI=1S/C17H16N2O2/c1-21-15-7-5-10-2-3-12(17(18)19)9-14(10)16(15)11-4-6-13(20)8-11/h2-3,5,7-9H,4,6H2,1H3,(H3,18,19). The summed E-state index contributed by atoms with van der Waals surface area (Å²) in [4.78, 5) is 11.6. The van der Waals surface area contributed by atoms with Crippen LogP contribution in [0.4, 0.5) is 0 Å². The molecule has 0 heterocycles. The fourth-order valence-electron chi connectivity index (χ4n) is 2.76. The molecule has 2 aromatic rings. The monoisotopic (exact) mass is 280 g/mol. The number of nitrogens with one attached hydrogen (secondary N) is 1. The number of carbonyl (C=O) groups excluding carboxylic acids is 1. The van der Waals surface area contributed by atoms with Crippen molar-refractivity contribution in [1.82, 2.24) is 0 Å². The first-order valence-electron chi connectivity index (χ1n) is 6.79. The van der Waals surface area contributed by atoms with Gasteiger partial charge in [0.25, 0.3) is 0 Å². The fourth-order valence-corrected chi connectivity index (χ4v) is 2.76. The van der Waals surface area contributed by atoms with E-state index in [4.69, 9.17) is 15.9 Å². The first-order valence-corrected chi connectivity index (χ1v) is 6.79. The Morgan fingerprint density at radius 3 is 2.62 bits per heavy atom. The van der Waals surface area contributed by atoms with Crippen LogP contribution in [-0.4, -0.2) is 18.7 Å². The quantitative estimate of drug-likeness (QED) is 0.670. The van der Waals surface area contributed by atoms with Gasteiger partial charge in [0.05, 0.1) is 7.11 Å². The maximum Gasteiger partial charge on any atom is 0.156 e. The first-order chi connectivity index (χ1) is 10.1. The Bertz CT molecular complexity index is 791. The molecule has 4 heteroatoms. The van der Waals surface area contributed by atoms with Crippen molar-refractivity contribution in [3.05, 3.63) is 47.5 Å². The van der Waals surface area contributed by atoms with E-state index in [9.17, 15) is 4.79 Å². The Morgan fingerprint density at radius 2 is 2.00 bits per heavy atom. The van der Waals surface area contributed by atoms with Gasteiger partial charge >= 0.3 is 0 Å². The SMILES string of the molecule is COc1ccc2ccc(C(=N)N)cc2c1C1=CC(=O)CC1. The molecule has 0 radical (unpaired) electrons. The summed E-state index contributed by atoms with van der Waals surface area (Å²) in [5.74, 6) is 0.915. The Labute approximate surface area is 122 Å². The second kappa shape index (κ2) is 5.05. The molecule has 0 aromatic heterocycles. The molecule has 0 atom stereocenters. The summed E-state index contributed by atoms with van der Waals surface area (Å²) in [5.41, 5.74) is 8.18. The Kier molecular flexibility index (Phi) is 3.22. The van der Waals surface area contributed by atoms with Crippen LogP contribution in [0.3, 0.4) is 0 Å². The van der Waals surface area contributed by atoms with Crippen molar-refractivity contribution in [2.75, 3.05) is 7.11 Å². The molecule has 0 fully saturated rings. The van der Waals surface area contributed by atoms with Gasteiger partial charge in [-0.2, -0.15) is 0 Å². The van der Waals surface area contributed by atoms with Crippen molar-refractivity contribution in [3.63, 3.8) is 0 Å². The van der Waals surface area contributed by atoms with Gasteiger partial charge in [-0.1, -0.05) is 18.2 Å². The van der Waals surface area contributed by atoms with Crippen molar-refractivity contribution in [2.24, 2.45) is 5.73 Å². The van der Waals surface area contributed by atoms with Gasteiger partial charge in [-0.05, 0) is 41.0 Å². The molecule has 0 saturated carbocycles. The van der Waals surface area contributed by atoms with E-state index in [0.717, 1.165) is 34.1 Å². The van der Waals surface area contributed by atoms with Gasteiger partial charge in [0, 0.05) is 17.5 Å². The molecular weight excluding hydrogens is 264 g/mol. The van der Waals surface area contributed by atoms with Crippen LogP contribution in [0.5, 0.6) is 5.75 Å². The van der Waals surface area contributed by atoms with Crippen molar-refractivity contribution < 1.29 is 9.53 Å². The summed E-state index contributed by atoms with van der Waals surface area (Å²) in [6.07, 6.45) is 2.96. The normalized spacial score (nSPS) is 14.3. The third-order valence-corrected chi connectivity index (χ3v) is 3.81. The number of nitrogen functional groups attached to an aromatic ring is 1. The van der Waals surface area contributed by atoms with E-state index in [2.05, 4.69) is 0 Å². The van der Waals surface area contributed by atoms with Crippen LogP contribution in [0.15, 0.2) is 36.4 Å². The number of allylic oxidation sites excluding steroid dienone is 2. The molecular formula is C17H16N2O2. The van der Waals surface area contributed by atoms with Crippen molar-refractivity contribution in [2.45, 2.75) is 12.8 Å². The summed E-state index contributed by atoms with van der Waals surface area (Å²) in [5, 5.41) is 9.60. The summed E-state index contributed by atoms with van der Waals surface area (Å²) in [6.45, 7) is 0. The lowest BCUT2D eigenvalue weighted by Gasteiger charge is -2.14. The van der Waals surface area contributed by atoms with Crippen LogP contribution in [0.1, 0.15) is 24.0 Å². The van der Waals surface area contributed by atoms with Crippen molar-refractivity contribution in [3.8, 4) is 5.75 Å². The highest BCUT2D eigenvalue weighted by Crippen LogP contribution is 2.38. The zero-order valence-corrected chi connectivity index (χ0v) is 11.8. The van der Waals surface area contributed by atoms with E-state index in [1.54, 1.807) is 13.2 Å². The van der Waals surface area contributed by atoms with E-state index >= 15 is 0 Å². The lowest BCUT2D eigenvalue weighted by Crippen LogP contribution is -2.10. The van der Waals surface area contributed by atoms with Gasteiger partial charge in [0.15, 0.2) is 5.78 Å². The molecule has 0 amide bonds. The number of benzene rings is 2. The second-order valence-electron chi connectivity index (χ2n) is 5.13. The summed E-state index contributed by atoms with van der Waals surface area (Å²) in [6, 6.07) is 9.54. The molecule has 0 aliphatic heterocycles. The van der Waals surface area contributed by atoms with E-state index in [1.165, 1.54) is 0 Å². The van der Waals surface area contributed by atoms with Crippen LogP contribution >= 0.6 is 0 Å². The lowest BCUT2D eigenvalue weighted by atomic mass is 9.95. The average molecular weight is 280 g/mol. The van der Waals surface area contributed by atoms with Gasteiger partial charge in [0.1, 0.15) is 11.6 Å². The van der Waals surface area contributed by atoms with Gasteiger partial charge < -0.3 is 10.5 Å². The number of ketones is 1. The molecule has 3 rings (SSSR count). The predicted octanol–water partition coefficient (Wildman–Crippen LogP) is 2.88. The smallest absolute Gasteiger partial charge is 0.156 e. The van der Waals surface area contributed by atoms with E-state index < -0.39 is 0 Å². The number of carbonyl (C=O) groups is 1. The maximum atomic E-state index is 11.6. The molecule has 1 aliphatic carbocycles. The van der Waals surface area contributed by atoms with Crippen LogP contribution in [0.2, 0.25) is 0 Å². The number of hydrogen-bond donors (Lipinski definition) is 2. The zero-order valence-electron chi connectivity index (χ0n) is 11.8. The van der Waals surface area contributed by atoms with Crippen molar-refractivity contribution in [1.29, 1.82) is 5.41 Å². The summed E-state index contributed by atoms with van der Waals surface area (Å²) >= 11 is 0. The maximum absolute atomic E-state index is 11.6. The Hall–Kier alpha value is -2.62. The van der Waals surface area contributed by atoms with E-state index in [1.807, 2.05) is 30.3 Å². The predicted molar refractivity (Wildman–Crippen MR) is 83.7 cm³/mol. The van der Waals surface area contributed by atoms with Gasteiger partial charge in [-0.15, -0.1) is 0 Å². The van der Waals surface area contributed by atoms with Gasteiger partial charge in [-0.3, -0.25) is 10.2 Å². The molecule has 0 unspecified atom stereocenters. The number of nitrogens with two attached hydrogens (primary N) is 1. The van der Waals surface area contributed by atoms with Crippen LogP contribution in [-0.2, 0) is 4.79 Å². The highest BCUT2D eigenvalue weighted by molar-refractivity contribution is 6.08. The van der Waals surface area contributed by atoms with Crippen molar-refractivity contribution >= 4 is 28.0 Å². The largest absolute Gasteiger partial charge is 0.496 e. The molecule has 21 heavy (non-hydrogen) atoms. The molecule has 0 bridgehead atoms. The van der Waals surface area contributed by atoms with E-state index in [-0.39, 0.29) is 11.6 Å². The number of methoxy groups -OCH3 is 1. The molecule has 2 aromatic carbocycles. The second-order valence-corrected chi connectivity index (χ2v) is 5.13. The molecule has 3 N–H and O–H groups in total. The number of amidine groups is 1. The Balaban J connectivity index is 2.32. The molecule has 0 saturated heterocycles. The third kappa shape index (κ3) is 2.29. The fraction of sp³-hybridized carbons (Fsp3) is 0.176. The minimum atomic E-state index is 0.0298. The Morgan fingerprint density at radius 1 is 1.24 bits per heavy atom. The summed E-state index contributed by atoms with van der Waals surface area (Å²) in [7, 11) is 1.62. The molecule has 0 spiro atoms. The number of fused-ring (bicyclic) bond motifs is 1. The lowest BCUT2D eigenvalue weighted by molar-refractivity contribution is -0.114. The van der Waals surface area contributed by atoms with Gasteiger partial charge in [-0.25, -0.2) is 0 Å². The van der Waals surface area contributed by atoms with Crippen LogP contribution < -0.4 is 10.5 Å². The minimum Gasteiger partial charge on any atom is -0.496 e. The third-order valence-electron chi connectivity index (χ3n) is 3.81. The molecule has 106 valence electrons. The number of ether oxygens (including phenoxy) is 1. The van der Waals surface area contributed by atoms with Gasteiger partial charge in [0.2, 0.25) is 0 Å². The average Bonchev–Trinajstić information content (AvgIpc) is 2.91.